The van der Waals surface area contributed by atoms with E-state index in [-0.39, 0.29) is 5.69 Å². The second-order valence-electron chi connectivity index (χ2n) is 4.12. The molecular formula is C11H12N4O2. The van der Waals surface area contributed by atoms with Crippen LogP contribution < -0.4 is 5.32 Å². The van der Waals surface area contributed by atoms with E-state index in [9.17, 15) is 9.90 Å². The van der Waals surface area contributed by atoms with Crippen molar-refractivity contribution in [3.63, 3.8) is 0 Å². The first-order valence-corrected chi connectivity index (χ1v) is 5.40. The Kier molecular flexibility index (Phi) is 2.91. The number of carbonyl (C=O) groups is 1. The zero-order chi connectivity index (χ0) is 12.3. The van der Waals surface area contributed by atoms with Crippen LogP contribution in [-0.4, -0.2) is 26.6 Å². The van der Waals surface area contributed by atoms with Crippen LogP contribution in [0.5, 0.6) is 0 Å². The van der Waals surface area contributed by atoms with Gasteiger partial charge in [0.25, 0.3) is 0 Å². The molecule has 6 heteroatoms. The molecule has 0 aliphatic heterocycles. The largest absolute Gasteiger partial charge is 0.480 e. The topological polar surface area (TPSA) is 98.9 Å². The summed E-state index contributed by atoms with van der Waals surface area (Å²) >= 11 is 0. The number of nitriles is 1. The van der Waals surface area contributed by atoms with Crippen molar-refractivity contribution in [1.82, 2.24) is 9.97 Å². The first kappa shape index (κ1) is 11.3. The predicted molar refractivity (Wildman–Crippen MR) is 59.2 cm³/mol. The van der Waals surface area contributed by atoms with Crippen LogP contribution in [0.1, 0.15) is 31.4 Å². The van der Waals surface area contributed by atoms with Crippen molar-refractivity contribution in [1.29, 1.82) is 5.26 Å². The smallest absolute Gasteiger partial charge is 0.329 e. The van der Waals surface area contributed by atoms with Crippen LogP contribution in [0.2, 0.25) is 0 Å². The standard InChI is InChI=1S/C11H12N4O2/c12-5-8-6-14-9(7-13-8)15-11(10(16)17)3-1-2-4-11/h6-7H,1-4H2,(H,14,15)(H,16,17). The summed E-state index contributed by atoms with van der Waals surface area (Å²) in [7, 11) is 0. The minimum Gasteiger partial charge on any atom is -0.480 e. The molecule has 2 N–H and O–H groups in total. The van der Waals surface area contributed by atoms with Gasteiger partial charge in [0, 0.05) is 0 Å². The highest BCUT2D eigenvalue weighted by atomic mass is 16.4. The number of hydrogen-bond acceptors (Lipinski definition) is 5. The maximum atomic E-state index is 11.3. The Labute approximate surface area is 98.3 Å². The Morgan fingerprint density at radius 2 is 2.12 bits per heavy atom. The summed E-state index contributed by atoms with van der Waals surface area (Å²) in [6, 6.07) is 1.86. The van der Waals surface area contributed by atoms with Gasteiger partial charge in [-0.3, -0.25) is 0 Å². The highest BCUT2D eigenvalue weighted by Crippen LogP contribution is 2.32. The molecule has 0 bridgehead atoms. The molecule has 1 aromatic heterocycles. The summed E-state index contributed by atoms with van der Waals surface area (Å²) in [6.45, 7) is 0. The lowest BCUT2D eigenvalue weighted by Gasteiger charge is -2.25. The van der Waals surface area contributed by atoms with Gasteiger partial charge in [-0.15, -0.1) is 0 Å². The summed E-state index contributed by atoms with van der Waals surface area (Å²) in [5.41, 5.74) is -0.714. The highest BCUT2D eigenvalue weighted by molar-refractivity contribution is 5.82. The average Bonchev–Trinajstić information content (AvgIpc) is 2.80. The van der Waals surface area contributed by atoms with Gasteiger partial charge >= 0.3 is 5.97 Å². The molecule has 1 aliphatic carbocycles. The second-order valence-corrected chi connectivity index (χ2v) is 4.12. The van der Waals surface area contributed by atoms with Gasteiger partial charge in [-0.05, 0) is 12.8 Å². The highest BCUT2D eigenvalue weighted by Gasteiger charge is 2.41. The third kappa shape index (κ3) is 2.18. The Hall–Kier alpha value is -2.16. The second kappa shape index (κ2) is 4.37. The molecule has 1 fully saturated rings. The summed E-state index contributed by atoms with van der Waals surface area (Å²) < 4.78 is 0. The van der Waals surface area contributed by atoms with Gasteiger partial charge in [-0.2, -0.15) is 5.26 Å². The third-order valence-electron chi connectivity index (χ3n) is 3.00. The number of nitrogens with one attached hydrogen (secondary N) is 1. The van der Waals surface area contributed by atoms with Crippen LogP contribution in [0, 0.1) is 11.3 Å². The molecule has 0 unspecified atom stereocenters. The molecule has 0 aromatic carbocycles. The molecule has 0 saturated heterocycles. The molecule has 88 valence electrons. The lowest BCUT2D eigenvalue weighted by atomic mass is 9.98. The molecule has 1 aliphatic rings. The molecule has 0 radical (unpaired) electrons. The number of hydrogen-bond donors (Lipinski definition) is 2. The van der Waals surface area contributed by atoms with Crippen molar-refractivity contribution < 1.29 is 9.90 Å². The van der Waals surface area contributed by atoms with Crippen LogP contribution in [0.4, 0.5) is 5.82 Å². The van der Waals surface area contributed by atoms with Gasteiger partial charge < -0.3 is 10.4 Å². The normalized spacial score (nSPS) is 17.4. The lowest BCUT2D eigenvalue weighted by Crippen LogP contribution is -2.43. The Balaban J connectivity index is 2.18. The van der Waals surface area contributed by atoms with Gasteiger partial charge in [0.2, 0.25) is 0 Å². The maximum Gasteiger partial charge on any atom is 0.329 e. The molecule has 17 heavy (non-hydrogen) atoms. The van der Waals surface area contributed by atoms with Crippen LogP contribution in [0.3, 0.4) is 0 Å². The third-order valence-corrected chi connectivity index (χ3v) is 3.00. The molecular weight excluding hydrogens is 220 g/mol. The van der Waals surface area contributed by atoms with Crippen molar-refractivity contribution in [3.05, 3.63) is 18.1 Å². The molecule has 0 spiro atoms. The first-order chi connectivity index (χ1) is 8.16. The summed E-state index contributed by atoms with van der Waals surface area (Å²) in [5, 5.41) is 20.8. The summed E-state index contributed by atoms with van der Waals surface area (Å²) in [4.78, 5) is 19.1. The summed E-state index contributed by atoms with van der Waals surface area (Å²) in [6.07, 6.45) is 5.68. The van der Waals surface area contributed by atoms with Crippen molar-refractivity contribution >= 4 is 11.8 Å². The Morgan fingerprint density at radius 1 is 1.41 bits per heavy atom. The van der Waals surface area contributed by atoms with Crippen molar-refractivity contribution in [2.45, 2.75) is 31.2 Å². The number of nitrogens with zero attached hydrogens (tertiary/aromatic N) is 3. The van der Waals surface area contributed by atoms with Crippen molar-refractivity contribution in [3.8, 4) is 6.07 Å². The zero-order valence-corrected chi connectivity index (χ0v) is 9.18. The lowest BCUT2D eigenvalue weighted by molar-refractivity contribution is -0.142. The van der Waals surface area contributed by atoms with E-state index < -0.39 is 11.5 Å². The average molecular weight is 232 g/mol. The number of anilines is 1. The molecule has 0 atom stereocenters. The summed E-state index contributed by atoms with van der Waals surface area (Å²) in [5.74, 6) is -0.463. The zero-order valence-electron chi connectivity index (χ0n) is 9.18. The van der Waals surface area contributed by atoms with Gasteiger partial charge in [-0.25, -0.2) is 14.8 Å². The minimum absolute atomic E-state index is 0.214. The van der Waals surface area contributed by atoms with Crippen molar-refractivity contribution in [2.75, 3.05) is 5.32 Å². The quantitative estimate of drug-likeness (QED) is 0.811. The molecule has 1 heterocycles. The van der Waals surface area contributed by atoms with Crippen LogP contribution in [-0.2, 0) is 4.79 Å². The van der Waals surface area contributed by atoms with Crippen LogP contribution in [0.25, 0.3) is 0 Å². The van der Waals surface area contributed by atoms with E-state index in [1.165, 1.54) is 12.4 Å². The Bertz CT molecular complexity index is 457. The predicted octanol–water partition coefficient (Wildman–Crippen LogP) is 1.16. The SMILES string of the molecule is N#Cc1cnc(NC2(C(=O)O)CCCC2)cn1. The van der Waals surface area contributed by atoms with E-state index in [1.807, 2.05) is 6.07 Å². The van der Waals surface area contributed by atoms with E-state index in [0.29, 0.717) is 18.7 Å². The molecule has 1 saturated carbocycles. The number of aliphatic carboxylic acids is 1. The maximum absolute atomic E-state index is 11.3. The van der Waals surface area contributed by atoms with Crippen LogP contribution >= 0.6 is 0 Å². The fourth-order valence-corrected chi connectivity index (χ4v) is 2.07. The van der Waals surface area contributed by atoms with E-state index in [2.05, 4.69) is 15.3 Å². The van der Waals surface area contributed by atoms with Gasteiger partial charge in [0.05, 0.1) is 12.4 Å². The Morgan fingerprint density at radius 3 is 2.59 bits per heavy atom. The van der Waals surface area contributed by atoms with E-state index in [1.54, 1.807) is 0 Å². The van der Waals surface area contributed by atoms with Gasteiger partial charge in [0.15, 0.2) is 5.69 Å². The van der Waals surface area contributed by atoms with Gasteiger partial charge in [0.1, 0.15) is 17.4 Å². The molecule has 0 amide bonds. The van der Waals surface area contributed by atoms with E-state index in [4.69, 9.17) is 5.26 Å². The van der Waals surface area contributed by atoms with E-state index >= 15 is 0 Å². The fraction of sp³-hybridized carbons (Fsp3) is 0.455. The molecule has 6 nitrogen and oxygen atoms in total. The van der Waals surface area contributed by atoms with E-state index in [0.717, 1.165) is 12.8 Å². The van der Waals surface area contributed by atoms with Gasteiger partial charge in [-0.1, -0.05) is 12.8 Å². The number of aromatic nitrogens is 2. The minimum atomic E-state index is -0.928. The van der Waals surface area contributed by atoms with Crippen molar-refractivity contribution in [2.24, 2.45) is 0 Å². The molecule has 2 rings (SSSR count). The molecule has 1 aromatic rings. The first-order valence-electron chi connectivity index (χ1n) is 5.40. The number of carboxylic acids is 1. The monoisotopic (exact) mass is 232 g/mol. The number of carboxylic acid groups (broad SMARTS) is 1. The van der Waals surface area contributed by atoms with Crippen LogP contribution in [0.15, 0.2) is 12.4 Å². The number of rotatable bonds is 3. The fourth-order valence-electron chi connectivity index (χ4n) is 2.07.